The highest BCUT2D eigenvalue weighted by Crippen LogP contribution is 2.48. The van der Waals surface area contributed by atoms with Gasteiger partial charge in [0, 0.05) is 12.3 Å². The molecule has 84 valence electrons. The SMILES string of the molecule is CCC(=O)NNC(=O)[C@H]1C[C@H]2CC[C@@H]1C2. The minimum Gasteiger partial charge on any atom is -0.273 e. The van der Waals surface area contributed by atoms with Gasteiger partial charge in [0.25, 0.3) is 0 Å². The van der Waals surface area contributed by atoms with Crippen molar-refractivity contribution in [2.75, 3.05) is 0 Å². The molecule has 0 heterocycles. The number of amides is 2. The van der Waals surface area contributed by atoms with Gasteiger partial charge in [0.15, 0.2) is 0 Å². The smallest absolute Gasteiger partial charge is 0.241 e. The van der Waals surface area contributed by atoms with E-state index in [0.29, 0.717) is 12.3 Å². The second-order valence-corrected chi connectivity index (χ2v) is 4.67. The maximum absolute atomic E-state index is 11.7. The molecule has 2 rings (SSSR count). The Hall–Kier alpha value is -1.06. The lowest BCUT2D eigenvalue weighted by molar-refractivity contribution is -0.132. The first-order valence-corrected chi connectivity index (χ1v) is 5.79. The molecule has 0 aromatic carbocycles. The minimum absolute atomic E-state index is 0.00370. The van der Waals surface area contributed by atoms with Crippen LogP contribution in [-0.2, 0) is 9.59 Å². The molecular weight excluding hydrogens is 192 g/mol. The summed E-state index contributed by atoms with van der Waals surface area (Å²) < 4.78 is 0. The minimum atomic E-state index is -0.133. The van der Waals surface area contributed by atoms with E-state index < -0.39 is 0 Å². The standard InChI is InChI=1S/C11H18N2O2/c1-2-10(14)12-13-11(15)9-6-7-3-4-8(9)5-7/h7-9H,2-6H2,1H3,(H,12,14)(H,13,15)/t7-,8+,9-/m0/s1. The van der Waals surface area contributed by atoms with Crippen molar-refractivity contribution >= 4 is 11.8 Å². The number of hydrogen-bond donors (Lipinski definition) is 2. The third-order valence-electron chi connectivity index (χ3n) is 3.72. The van der Waals surface area contributed by atoms with Crippen molar-refractivity contribution in [3.05, 3.63) is 0 Å². The van der Waals surface area contributed by atoms with Crippen molar-refractivity contribution in [1.82, 2.24) is 10.9 Å². The van der Waals surface area contributed by atoms with Gasteiger partial charge in [-0.15, -0.1) is 0 Å². The van der Waals surface area contributed by atoms with E-state index in [1.54, 1.807) is 6.92 Å². The van der Waals surface area contributed by atoms with Gasteiger partial charge in [-0.1, -0.05) is 13.3 Å². The molecule has 0 saturated heterocycles. The fraction of sp³-hybridized carbons (Fsp3) is 0.818. The zero-order valence-corrected chi connectivity index (χ0v) is 9.08. The number of carbonyl (C=O) groups excluding carboxylic acids is 2. The van der Waals surface area contributed by atoms with Gasteiger partial charge in [0.05, 0.1) is 0 Å². The predicted octanol–water partition coefficient (Wildman–Crippen LogP) is 0.980. The van der Waals surface area contributed by atoms with Crippen LogP contribution in [0.5, 0.6) is 0 Å². The van der Waals surface area contributed by atoms with Crippen LogP contribution in [0, 0.1) is 17.8 Å². The van der Waals surface area contributed by atoms with Crippen molar-refractivity contribution in [2.24, 2.45) is 17.8 Å². The molecule has 15 heavy (non-hydrogen) atoms. The number of nitrogens with one attached hydrogen (secondary N) is 2. The lowest BCUT2D eigenvalue weighted by Crippen LogP contribution is -2.45. The molecule has 0 radical (unpaired) electrons. The maximum atomic E-state index is 11.7. The molecule has 2 saturated carbocycles. The Labute approximate surface area is 89.8 Å². The van der Waals surface area contributed by atoms with Crippen LogP contribution in [0.4, 0.5) is 0 Å². The molecule has 2 amide bonds. The third-order valence-corrected chi connectivity index (χ3v) is 3.72. The summed E-state index contributed by atoms with van der Waals surface area (Å²) >= 11 is 0. The molecule has 4 nitrogen and oxygen atoms in total. The predicted molar refractivity (Wildman–Crippen MR) is 55.5 cm³/mol. The van der Waals surface area contributed by atoms with Crippen LogP contribution < -0.4 is 10.9 Å². The lowest BCUT2D eigenvalue weighted by atomic mass is 9.88. The molecule has 0 unspecified atom stereocenters. The Kier molecular flexibility index (Phi) is 2.93. The van der Waals surface area contributed by atoms with Crippen molar-refractivity contribution < 1.29 is 9.59 Å². The highest BCUT2D eigenvalue weighted by atomic mass is 16.2. The summed E-state index contributed by atoms with van der Waals surface area (Å²) in [6.07, 6.45) is 5.09. The summed E-state index contributed by atoms with van der Waals surface area (Å²) in [5.41, 5.74) is 4.95. The van der Waals surface area contributed by atoms with Crippen LogP contribution in [0.15, 0.2) is 0 Å². The summed E-state index contributed by atoms with van der Waals surface area (Å²) in [6.45, 7) is 1.76. The first kappa shape index (κ1) is 10.5. The van der Waals surface area contributed by atoms with Gasteiger partial charge < -0.3 is 0 Å². The molecule has 0 spiro atoms. The topological polar surface area (TPSA) is 58.2 Å². The Morgan fingerprint density at radius 1 is 1.20 bits per heavy atom. The monoisotopic (exact) mass is 210 g/mol. The van der Waals surface area contributed by atoms with Gasteiger partial charge in [0.2, 0.25) is 11.8 Å². The largest absolute Gasteiger partial charge is 0.273 e. The van der Waals surface area contributed by atoms with E-state index in [0.717, 1.165) is 12.3 Å². The van der Waals surface area contributed by atoms with E-state index in [9.17, 15) is 9.59 Å². The quantitative estimate of drug-likeness (QED) is 0.667. The van der Waals surface area contributed by atoms with E-state index in [-0.39, 0.29) is 17.7 Å². The normalized spacial score (nSPS) is 32.7. The highest BCUT2D eigenvalue weighted by Gasteiger charge is 2.43. The molecule has 4 heteroatoms. The Balaban J connectivity index is 1.79. The second kappa shape index (κ2) is 4.21. The van der Waals surface area contributed by atoms with E-state index in [1.807, 2.05) is 0 Å². The zero-order chi connectivity index (χ0) is 10.8. The second-order valence-electron chi connectivity index (χ2n) is 4.67. The number of fused-ring (bicyclic) bond motifs is 2. The Bertz CT molecular complexity index is 278. The van der Waals surface area contributed by atoms with Gasteiger partial charge in [-0.3, -0.25) is 20.4 Å². The van der Waals surface area contributed by atoms with Gasteiger partial charge in [0.1, 0.15) is 0 Å². The lowest BCUT2D eigenvalue weighted by Gasteiger charge is -2.20. The highest BCUT2D eigenvalue weighted by molar-refractivity contribution is 5.83. The summed E-state index contributed by atoms with van der Waals surface area (Å²) in [6, 6.07) is 0. The zero-order valence-electron chi connectivity index (χ0n) is 9.08. The molecule has 2 aliphatic rings. The molecule has 2 bridgehead atoms. The van der Waals surface area contributed by atoms with Gasteiger partial charge in [-0.25, -0.2) is 0 Å². The van der Waals surface area contributed by atoms with Crippen molar-refractivity contribution in [2.45, 2.75) is 39.0 Å². The molecule has 2 aliphatic carbocycles. The van der Waals surface area contributed by atoms with Crippen LogP contribution in [0.1, 0.15) is 39.0 Å². The molecule has 2 N–H and O–H groups in total. The summed E-state index contributed by atoms with van der Waals surface area (Å²) in [7, 11) is 0. The van der Waals surface area contributed by atoms with Crippen LogP contribution in [0.25, 0.3) is 0 Å². The number of hydrogen-bond acceptors (Lipinski definition) is 2. The Morgan fingerprint density at radius 3 is 2.53 bits per heavy atom. The number of carbonyl (C=O) groups is 2. The average molecular weight is 210 g/mol. The molecule has 0 aromatic rings. The first-order chi connectivity index (χ1) is 7.20. The van der Waals surface area contributed by atoms with Gasteiger partial charge in [-0.05, 0) is 31.1 Å². The van der Waals surface area contributed by atoms with E-state index >= 15 is 0 Å². The van der Waals surface area contributed by atoms with Crippen molar-refractivity contribution in [3.63, 3.8) is 0 Å². The maximum Gasteiger partial charge on any atom is 0.241 e. The van der Waals surface area contributed by atoms with Gasteiger partial charge in [-0.2, -0.15) is 0 Å². The third kappa shape index (κ3) is 2.13. The molecule has 3 atom stereocenters. The fourth-order valence-electron chi connectivity index (χ4n) is 2.88. The van der Waals surface area contributed by atoms with Crippen LogP contribution in [0.3, 0.4) is 0 Å². The summed E-state index contributed by atoms with van der Waals surface area (Å²) in [5.74, 6) is 1.33. The average Bonchev–Trinajstić information content (AvgIpc) is 2.86. The number of rotatable bonds is 2. The van der Waals surface area contributed by atoms with E-state index in [4.69, 9.17) is 0 Å². The number of hydrazine groups is 1. The summed E-state index contributed by atoms with van der Waals surface area (Å²) in [4.78, 5) is 22.7. The van der Waals surface area contributed by atoms with Crippen LogP contribution in [-0.4, -0.2) is 11.8 Å². The summed E-state index contributed by atoms with van der Waals surface area (Å²) in [5, 5.41) is 0. The van der Waals surface area contributed by atoms with Crippen molar-refractivity contribution in [3.8, 4) is 0 Å². The molecule has 0 aliphatic heterocycles. The van der Waals surface area contributed by atoms with E-state index in [1.165, 1.54) is 19.3 Å². The van der Waals surface area contributed by atoms with Crippen molar-refractivity contribution in [1.29, 1.82) is 0 Å². The van der Waals surface area contributed by atoms with E-state index in [2.05, 4.69) is 10.9 Å². The van der Waals surface area contributed by atoms with Crippen LogP contribution >= 0.6 is 0 Å². The fourth-order valence-corrected chi connectivity index (χ4v) is 2.88. The van der Waals surface area contributed by atoms with Crippen LogP contribution in [0.2, 0.25) is 0 Å². The first-order valence-electron chi connectivity index (χ1n) is 5.79. The molecule has 2 fully saturated rings. The Morgan fingerprint density at radius 2 is 2.00 bits per heavy atom. The molecular formula is C11H18N2O2. The van der Waals surface area contributed by atoms with Gasteiger partial charge >= 0.3 is 0 Å². The molecule has 0 aromatic heterocycles.